The topological polar surface area (TPSA) is 115 Å². The molecule has 0 bridgehead atoms. The summed E-state index contributed by atoms with van der Waals surface area (Å²) in [5.41, 5.74) is 2.29. The molecule has 108 valence electrons. The summed E-state index contributed by atoms with van der Waals surface area (Å²) in [6.07, 6.45) is 0.615. The van der Waals surface area contributed by atoms with Crippen LogP contribution in [0.1, 0.15) is 30.8 Å². The second-order valence-electron chi connectivity index (χ2n) is 4.48. The van der Waals surface area contributed by atoms with Crippen molar-refractivity contribution in [2.24, 2.45) is 17.3 Å². The number of hydrogen-bond acceptors (Lipinski definition) is 6. The lowest BCUT2D eigenvalue weighted by molar-refractivity contribution is 0.420. The SMILES string of the molecule is C=C(C)c1nn(C)c(O)c1/N=N/c1[nH]nc(CC)c1C#N. The molecule has 2 aromatic heterocycles. The van der Waals surface area contributed by atoms with E-state index in [9.17, 15) is 5.11 Å². The first-order valence-electron chi connectivity index (χ1n) is 6.30. The van der Waals surface area contributed by atoms with Crippen LogP contribution < -0.4 is 0 Å². The molecular weight excluding hydrogens is 270 g/mol. The highest BCUT2D eigenvalue weighted by Crippen LogP contribution is 2.35. The van der Waals surface area contributed by atoms with Gasteiger partial charge >= 0.3 is 0 Å². The summed E-state index contributed by atoms with van der Waals surface area (Å²) >= 11 is 0. The molecule has 2 rings (SSSR count). The monoisotopic (exact) mass is 285 g/mol. The maximum atomic E-state index is 9.94. The van der Waals surface area contributed by atoms with Gasteiger partial charge in [-0.3, -0.25) is 5.10 Å². The predicted octanol–water partition coefficient (Wildman–Crippen LogP) is 2.73. The maximum Gasteiger partial charge on any atom is 0.238 e. The van der Waals surface area contributed by atoms with E-state index >= 15 is 0 Å². The third-order valence-corrected chi connectivity index (χ3v) is 2.92. The van der Waals surface area contributed by atoms with Crippen molar-refractivity contribution in [3.05, 3.63) is 23.5 Å². The molecule has 0 saturated carbocycles. The summed E-state index contributed by atoms with van der Waals surface area (Å²) in [4.78, 5) is 0. The van der Waals surface area contributed by atoms with Crippen LogP contribution in [0.15, 0.2) is 16.8 Å². The van der Waals surface area contributed by atoms with Crippen LogP contribution in [0.25, 0.3) is 5.57 Å². The standard InChI is InChI=1S/C13H15N7O/c1-5-9-8(6-14)12(17-15-9)18-16-11-10(7(2)3)19-20(4)13(11)21/h21H,2,5H2,1,3-4H3,(H,15,17)/b18-16+. The first-order chi connectivity index (χ1) is 9.99. The summed E-state index contributed by atoms with van der Waals surface area (Å²) in [6.45, 7) is 7.44. The van der Waals surface area contributed by atoms with Crippen molar-refractivity contribution in [1.29, 1.82) is 5.26 Å². The fourth-order valence-corrected chi connectivity index (χ4v) is 1.80. The molecule has 0 amide bonds. The quantitative estimate of drug-likeness (QED) is 0.840. The average molecular weight is 285 g/mol. The van der Waals surface area contributed by atoms with Gasteiger partial charge in [0.25, 0.3) is 0 Å². The number of aromatic hydroxyl groups is 1. The fraction of sp³-hybridized carbons (Fsp3) is 0.308. The summed E-state index contributed by atoms with van der Waals surface area (Å²) in [7, 11) is 1.59. The fourth-order valence-electron chi connectivity index (χ4n) is 1.80. The van der Waals surface area contributed by atoms with Crippen LogP contribution in [0.3, 0.4) is 0 Å². The Hall–Kier alpha value is -2.95. The molecule has 8 heteroatoms. The Balaban J connectivity index is 2.46. The van der Waals surface area contributed by atoms with Gasteiger partial charge in [-0.25, -0.2) is 4.68 Å². The molecular formula is C13H15N7O. The number of H-pyrrole nitrogens is 1. The van der Waals surface area contributed by atoms with Crippen LogP contribution >= 0.6 is 0 Å². The molecule has 0 aliphatic rings. The Morgan fingerprint density at radius 1 is 1.52 bits per heavy atom. The van der Waals surface area contributed by atoms with Gasteiger partial charge in [0.15, 0.2) is 11.5 Å². The summed E-state index contributed by atoms with van der Waals surface area (Å²) < 4.78 is 1.29. The molecule has 0 aliphatic heterocycles. The Morgan fingerprint density at radius 2 is 2.24 bits per heavy atom. The molecule has 2 heterocycles. The van der Waals surface area contributed by atoms with Gasteiger partial charge in [0.05, 0.1) is 5.69 Å². The van der Waals surface area contributed by atoms with Crippen molar-refractivity contribution >= 4 is 17.1 Å². The van der Waals surface area contributed by atoms with Gasteiger partial charge in [-0.05, 0) is 18.9 Å². The molecule has 2 N–H and O–H groups in total. The third-order valence-electron chi connectivity index (χ3n) is 2.92. The molecule has 0 aliphatic carbocycles. The van der Waals surface area contributed by atoms with Crippen molar-refractivity contribution < 1.29 is 5.11 Å². The van der Waals surface area contributed by atoms with E-state index in [1.807, 2.05) is 13.0 Å². The van der Waals surface area contributed by atoms with Gasteiger partial charge in [-0.2, -0.15) is 15.5 Å². The number of allylic oxidation sites excluding steroid dienone is 1. The zero-order valence-corrected chi connectivity index (χ0v) is 12.0. The van der Waals surface area contributed by atoms with Gasteiger partial charge in [0.1, 0.15) is 17.3 Å². The normalized spacial score (nSPS) is 11.0. The van der Waals surface area contributed by atoms with E-state index in [4.69, 9.17) is 5.26 Å². The Kier molecular flexibility index (Phi) is 3.84. The summed E-state index contributed by atoms with van der Waals surface area (Å²) in [6, 6.07) is 2.04. The molecule has 0 unspecified atom stereocenters. The summed E-state index contributed by atoms with van der Waals surface area (Å²) in [5, 5.41) is 37.8. The van der Waals surface area contributed by atoms with Crippen molar-refractivity contribution in [1.82, 2.24) is 20.0 Å². The molecule has 0 spiro atoms. The van der Waals surface area contributed by atoms with Gasteiger partial charge in [0.2, 0.25) is 5.88 Å². The lowest BCUT2D eigenvalue weighted by Crippen LogP contribution is -1.89. The average Bonchev–Trinajstić information content (AvgIpc) is 2.98. The number of aromatic nitrogens is 4. The highest BCUT2D eigenvalue weighted by molar-refractivity contribution is 5.72. The minimum absolute atomic E-state index is 0.120. The van der Waals surface area contributed by atoms with E-state index in [-0.39, 0.29) is 17.4 Å². The number of aryl methyl sites for hydroxylation is 2. The van der Waals surface area contributed by atoms with Crippen molar-refractivity contribution in [3.63, 3.8) is 0 Å². The highest BCUT2D eigenvalue weighted by atomic mass is 16.3. The molecule has 2 aromatic rings. The maximum absolute atomic E-state index is 9.94. The van der Waals surface area contributed by atoms with Gasteiger partial charge in [0, 0.05) is 7.05 Å². The van der Waals surface area contributed by atoms with E-state index in [1.54, 1.807) is 14.0 Å². The zero-order chi connectivity index (χ0) is 15.6. The Morgan fingerprint density at radius 3 is 2.81 bits per heavy atom. The molecule has 0 atom stereocenters. The van der Waals surface area contributed by atoms with E-state index < -0.39 is 0 Å². The van der Waals surface area contributed by atoms with E-state index in [0.717, 1.165) is 0 Å². The van der Waals surface area contributed by atoms with Crippen molar-refractivity contribution in [2.75, 3.05) is 0 Å². The molecule has 0 saturated heterocycles. The molecule has 0 fully saturated rings. The van der Waals surface area contributed by atoms with Crippen molar-refractivity contribution in [3.8, 4) is 11.9 Å². The van der Waals surface area contributed by atoms with Gasteiger partial charge in [-0.15, -0.1) is 10.2 Å². The van der Waals surface area contributed by atoms with Gasteiger partial charge in [-0.1, -0.05) is 13.5 Å². The van der Waals surface area contributed by atoms with E-state index in [2.05, 4.69) is 32.1 Å². The number of azo groups is 1. The zero-order valence-electron chi connectivity index (χ0n) is 12.0. The van der Waals surface area contributed by atoms with Crippen LogP contribution in [-0.4, -0.2) is 25.1 Å². The number of aromatic amines is 1. The van der Waals surface area contributed by atoms with Crippen LogP contribution in [0.2, 0.25) is 0 Å². The Bertz CT molecular complexity index is 760. The molecule has 8 nitrogen and oxygen atoms in total. The number of nitrogens with zero attached hydrogens (tertiary/aromatic N) is 6. The lowest BCUT2D eigenvalue weighted by Gasteiger charge is -1.94. The smallest absolute Gasteiger partial charge is 0.238 e. The first kappa shape index (κ1) is 14.5. The lowest BCUT2D eigenvalue weighted by atomic mass is 10.2. The predicted molar refractivity (Wildman–Crippen MR) is 76.4 cm³/mol. The number of nitriles is 1. The Labute approximate surface area is 121 Å². The van der Waals surface area contributed by atoms with Crippen LogP contribution in [0.5, 0.6) is 5.88 Å². The minimum atomic E-state index is -0.120. The number of nitrogens with one attached hydrogen (secondary N) is 1. The molecule has 0 radical (unpaired) electrons. The minimum Gasteiger partial charge on any atom is -0.492 e. The van der Waals surface area contributed by atoms with Crippen molar-refractivity contribution in [2.45, 2.75) is 20.3 Å². The molecule has 0 aromatic carbocycles. The summed E-state index contributed by atoms with van der Waals surface area (Å²) in [5.74, 6) is 0.135. The van der Waals surface area contributed by atoms with E-state index in [0.29, 0.717) is 28.9 Å². The largest absolute Gasteiger partial charge is 0.492 e. The third kappa shape index (κ3) is 2.53. The molecule has 21 heavy (non-hydrogen) atoms. The van der Waals surface area contributed by atoms with Gasteiger partial charge < -0.3 is 5.11 Å². The van der Waals surface area contributed by atoms with Crippen LogP contribution in [0.4, 0.5) is 11.5 Å². The second kappa shape index (κ2) is 5.58. The number of rotatable bonds is 4. The van der Waals surface area contributed by atoms with Crippen LogP contribution in [-0.2, 0) is 13.5 Å². The van der Waals surface area contributed by atoms with E-state index in [1.165, 1.54) is 4.68 Å². The second-order valence-corrected chi connectivity index (χ2v) is 4.48. The number of hydrogen-bond donors (Lipinski definition) is 2. The van der Waals surface area contributed by atoms with Crippen LogP contribution in [0, 0.1) is 11.3 Å². The first-order valence-corrected chi connectivity index (χ1v) is 6.30. The highest BCUT2D eigenvalue weighted by Gasteiger charge is 2.17.